The highest BCUT2D eigenvalue weighted by atomic mass is 16.2. The Bertz CT molecular complexity index is 632. The van der Waals surface area contributed by atoms with Gasteiger partial charge in [-0.25, -0.2) is 4.79 Å². The zero-order chi connectivity index (χ0) is 19.1. The summed E-state index contributed by atoms with van der Waals surface area (Å²) in [6.07, 6.45) is 10.2. The second-order valence-electron chi connectivity index (χ2n) is 8.02. The molecule has 1 aliphatic carbocycles. The summed E-state index contributed by atoms with van der Waals surface area (Å²) in [5, 5.41) is 6.03. The van der Waals surface area contributed by atoms with E-state index in [0.29, 0.717) is 11.4 Å². The van der Waals surface area contributed by atoms with Crippen LogP contribution in [0.1, 0.15) is 64.7 Å². The average molecular weight is 372 g/mol. The van der Waals surface area contributed by atoms with Crippen LogP contribution in [0.25, 0.3) is 0 Å². The quantitative estimate of drug-likeness (QED) is 0.717. The Morgan fingerprint density at radius 2 is 1.63 bits per heavy atom. The van der Waals surface area contributed by atoms with E-state index < -0.39 is 0 Å². The van der Waals surface area contributed by atoms with Crippen molar-refractivity contribution in [2.75, 3.05) is 23.7 Å². The van der Waals surface area contributed by atoms with E-state index in [-0.39, 0.29) is 17.9 Å². The van der Waals surface area contributed by atoms with E-state index in [4.69, 9.17) is 0 Å². The second kappa shape index (κ2) is 9.77. The van der Waals surface area contributed by atoms with Crippen molar-refractivity contribution in [2.24, 2.45) is 11.8 Å². The van der Waals surface area contributed by atoms with E-state index in [1.54, 1.807) is 0 Å². The number of anilines is 2. The first kappa shape index (κ1) is 19.7. The molecule has 0 bridgehead atoms. The Morgan fingerprint density at radius 3 is 2.26 bits per heavy atom. The SMILES string of the molecule is CCCCC1CCC(C(=O)Nc2ccccc2NC(=O)N2CCCC2)CC1. The van der Waals surface area contributed by atoms with Gasteiger partial charge in [-0.05, 0) is 56.6 Å². The molecule has 2 aliphatic rings. The predicted octanol–water partition coefficient (Wildman–Crippen LogP) is 5.25. The molecule has 0 unspecified atom stereocenters. The van der Waals surface area contributed by atoms with E-state index in [2.05, 4.69) is 17.6 Å². The Balaban J connectivity index is 1.54. The van der Waals surface area contributed by atoms with Gasteiger partial charge in [0.15, 0.2) is 0 Å². The summed E-state index contributed by atoms with van der Waals surface area (Å²) in [6.45, 7) is 3.85. The van der Waals surface area contributed by atoms with Crippen LogP contribution in [0.4, 0.5) is 16.2 Å². The minimum Gasteiger partial charge on any atom is -0.325 e. The number of unbranched alkanes of at least 4 members (excludes halogenated alkanes) is 1. The Labute approximate surface area is 162 Å². The highest BCUT2D eigenvalue weighted by Crippen LogP contribution is 2.33. The van der Waals surface area contributed by atoms with Crippen LogP contribution >= 0.6 is 0 Å². The highest BCUT2D eigenvalue weighted by Gasteiger charge is 2.26. The lowest BCUT2D eigenvalue weighted by atomic mass is 9.79. The van der Waals surface area contributed by atoms with Crippen molar-refractivity contribution in [3.05, 3.63) is 24.3 Å². The Morgan fingerprint density at radius 1 is 1.00 bits per heavy atom. The molecule has 1 heterocycles. The van der Waals surface area contributed by atoms with E-state index in [1.165, 1.54) is 19.3 Å². The van der Waals surface area contributed by atoms with Gasteiger partial charge >= 0.3 is 6.03 Å². The van der Waals surface area contributed by atoms with Gasteiger partial charge in [0, 0.05) is 19.0 Å². The van der Waals surface area contributed by atoms with Crippen molar-refractivity contribution in [3.8, 4) is 0 Å². The molecule has 1 aromatic rings. The maximum Gasteiger partial charge on any atom is 0.321 e. The number of amides is 3. The largest absolute Gasteiger partial charge is 0.325 e. The zero-order valence-electron chi connectivity index (χ0n) is 16.5. The van der Waals surface area contributed by atoms with Crippen LogP contribution in [-0.4, -0.2) is 29.9 Å². The number of hydrogen-bond acceptors (Lipinski definition) is 2. The lowest BCUT2D eigenvalue weighted by Gasteiger charge is -2.28. The smallest absolute Gasteiger partial charge is 0.321 e. The molecule has 1 saturated carbocycles. The molecule has 0 atom stereocenters. The molecule has 2 fully saturated rings. The van der Waals surface area contributed by atoms with Crippen molar-refractivity contribution in [1.29, 1.82) is 0 Å². The van der Waals surface area contributed by atoms with Crippen molar-refractivity contribution in [2.45, 2.75) is 64.7 Å². The molecule has 27 heavy (non-hydrogen) atoms. The molecule has 5 nitrogen and oxygen atoms in total. The van der Waals surface area contributed by atoms with Crippen molar-refractivity contribution in [3.63, 3.8) is 0 Å². The van der Waals surface area contributed by atoms with Crippen LogP contribution in [0, 0.1) is 11.8 Å². The molecule has 3 amide bonds. The molecule has 148 valence electrons. The van der Waals surface area contributed by atoms with Gasteiger partial charge in [0.2, 0.25) is 5.91 Å². The topological polar surface area (TPSA) is 61.4 Å². The summed E-state index contributed by atoms with van der Waals surface area (Å²) in [4.78, 5) is 27.0. The van der Waals surface area contributed by atoms with Gasteiger partial charge in [0.05, 0.1) is 11.4 Å². The van der Waals surface area contributed by atoms with Crippen LogP contribution in [0.5, 0.6) is 0 Å². The minimum atomic E-state index is -0.0781. The molecule has 1 saturated heterocycles. The monoisotopic (exact) mass is 371 g/mol. The lowest BCUT2D eigenvalue weighted by Crippen LogP contribution is -2.33. The number of carbonyl (C=O) groups is 2. The molecule has 1 aliphatic heterocycles. The number of nitrogens with zero attached hydrogens (tertiary/aromatic N) is 1. The van der Waals surface area contributed by atoms with E-state index in [9.17, 15) is 9.59 Å². The first-order chi connectivity index (χ1) is 13.2. The van der Waals surface area contributed by atoms with Gasteiger partial charge < -0.3 is 15.5 Å². The van der Waals surface area contributed by atoms with Gasteiger partial charge in [0.1, 0.15) is 0 Å². The number of hydrogen-bond donors (Lipinski definition) is 2. The summed E-state index contributed by atoms with van der Waals surface area (Å²) >= 11 is 0. The third-order valence-corrected chi connectivity index (χ3v) is 6.00. The molecular formula is C22H33N3O2. The number of nitrogens with one attached hydrogen (secondary N) is 2. The van der Waals surface area contributed by atoms with Crippen LogP contribution in [0.3, 0.4) is 0 Å². The van der Waals surface area contributed by atoms with Crippen molar-refractivity contribution in [1.82, 2.24) is 4.90 Å². The number of para-hydroxylation sites is 2. The standard InChI is InChI=1S/C22H33N3O2/c1-2-3-8-17-11-13-18(14-12-17)21(26)23-19-9-4-5-10-20(19)24-22(27)25-15-6-7-16-25/h4-5,9-10,17-18H,2-3,6-8,11-16H2,1H3,(H,23,26)(H,24,27). The zero-order valence-corrected chi connectivity index (χ0v) is 16.5. The summed E-state index contributed by atoms with van der Waals surface area (Å²) < 4.78 is 0. The number of carbonyl (C=O) groups excluding carboxylic acids is 2. The molecule has 0 spiro atoms. The first-order valence-corrected chi connectivity index (χ1v) is 10.6. The fourth-order valence-corrected chi connectivity index (χ4v) is 4.26. The maximum atomic E-state index is 12.7. The van der Waals surface area contributed by atoms with Crippen molar-refractivity contribution < 1.29 is 9.59 Å². The Kier molecular flexibility index (Phi) is 7.13. The van der Waals surface area contributed by atoms with Gasteiger partial charge in [-0.3, -0.25) is 4.79 Å². The first-order valence-electron chi connectivity index (χ1n) is 10.6. The third-order valence-electron chi connectivity index (χ3n) is 6.00. The van der Waals surface area contributed by atoms with Gasteiger partial charge in [-0.2, -0.15) is 0 Å². The van der Waals surface area contributed by atoms with Crippen LogP contribution in [0.2, 0.25) is 0 Å². The fraction of sp³-hybridized carbons (Fsp3) is 0.636. The molecule has 0 radical (unpaired) electrons. The van der Waals surface area contributed by atoms with Crippen LogP contribution in [0.15, 0.2) is 24.3 Å². The fourth-order valence-electron chi connectivity index (χ4n) is 4.26. The van der Waals surface area contributed by atoms with E-state index in [0.717, 1.165) is 57.5 Å². The average Bonchev–Trinajstić information content (AvgIpc) is 3.23. The van der Waals surface area contributed by atoms with E-state index >= 15 is 0 Å². The van der Waals surface area contributed by atoms with Gasteiger partial charge in [-0.15, -0.1) is 0 Å². The molecule has 0 aromatic heterocycles. The number of benzene rings is 1. The number of urea groups is 1. The number of rotatable bonds is 6. The van der Waals surface area contributed by atoms with Crippen LogP contribution in [-0.2, 0) is 4.79 Å². The molecule has 2 N–H and O–H groups in total. The second-order valence-corrected chi connectivity index (χ2v) is 8.02. The summed E-state index contributed by atoms with van der Waals surface area (Å²) in [5.74, 6) is 0.970. The predicted molar refractivity (Wildman–Crippen MR) is 110 cm³/mol. The molecular weight excluding hydrogens is 338 g/mol. The van der Waals surface area contributed by atoms with Crippen molar-refractivity contribution >= 4 is 23.3 Å². The normalized spacial score (nSPS) is 22.5. The van der Waals surface area contributed by atoms with E-state index in [1.807, 2.05) is 29.2 Å². The molecule has 1 aromatic carbocycles. The Hall–Kier alpha value is -2.04. The van der Waals surface area contributed by atoms with Crippen LogP contribution < -0.4 is 10.6 Å². The lowest BCUT2D eigenvalue weighted by molar-refractivity contribution is -0.121. The minimum absolute atomic E-state index is 0.0781. The molecule has 5 heteroatoms. The molecule has 3 rings (SSSR count). The summed E-state index contributed by atoms with van der Waals surface area (Å²) in [6, 6.07) is 7.41. The van der Waals surface area contributed by atoms with Gasteiger partial charge in [-0.1, -0.05) is 38.3 Å². The summed E-state index contributed by atoms with van der Waals surface area (Å²) in [5.41, 5.74) is 1.38. The maximum absolute atomic E-state index is 12.7. The van der Waals surface area contributed by atoms with Gasteiger partial charge in [0.25, 0.3) is 0 Å². The third kappa shape index (κ3) is 5.47. The number of likely N-dealkylation sites (tertiary alicyclic amines) is 1. The summed E-state index contributed by atoms with van der Waals surface area (Å²) in [7, 11) is 0. The highest BCUT2D eigenvalue weighted by molar-refractivity contribution is 5.99.